The molecule has 6 rings (SSSR count). The van der Waals surface area contributed by atoms with E-state index in [0.717, 1.165) is 33.7 Å². The van der Waals surface area contributed by atoms with E-state index in [4.69, 9.17) is 4.74 Å². The second kappa shape index (κ2) is 5.85. The second-order valence-electron chi connectivity index (χ2n) is 8.31. The van der Waals surface area contributed by atoms with E-state index >= 15 is 0 Å². The first-order valence-corrected chi connectivity index (χ1v) is 9.63. The van der Waals surface area contributed by atoms with Crippen LogP contribution in [0.2, 0.25) is 0 Å². The van der Waals surface area contributed by atoms with Gasteiger partial charge in [0.15, 0.2) is 0 Å². The lowest BCUT2D eigenvalue weighted by atomic mass is 9.81. The third-order valence-electron chi connectivity index (χ3n) is 6.56. The number of nitrogens with zero attached hydrogens (tertiary/aromatic N) is 1. The fourth-order valence-corrected chi connectivity index (χ4v) is 5.04. The molecule has 0 spiro atoms. The number of ether oxygens (including phenoxy) is 1. The molecule has 0 radical (unpaired) electrons. The molecule has 0 aliphatic carbocycles. The number of quaternary nitrogens is 1. The molecule has 2 aromatic rings. The van der Waals surface area contributed by atoms with E-state index in [1.165, 1.54) is 25.9 Å². The molecule has 4 aliphatic rings. The van der Waals surface area contributed by atoms with Crippen LogP contribution in [-0.2, 0) is 4.79 Å². The van der Waals surface area contributed by atoms with Crippen LogP contribution in [0.5, 0.6) is 11.5 Å². The van der Waals surface area contributed by atoms with Crippen molar-refractivity contribution in [2.24, 2.45) is 5.92 Å². The Morgan fingerprint density at radius 2 is 1.58 bits per heavy atom. The maximum atomic E-state index is 13.4. The minimum absolute atomic E-state index is 0.110. The maximum absolute atomic E-state index is 13.4. The fourth-order valence-electron chi connectivity index (χ4n) is 5.04. The van der Waals surface area contributed by atoms with Crippen LogP contribution >= 0.6 is 0 Å². The molecule has 4 heterocycles. The van der Waals surface area contributed by atoms with Gasteiger partial charge in [0, 0.05) is 24.0 Å². The minimum Gasteiger partial charge on any atom is -0.457 e. The van der Waals surface area contributed by atoms with Gasteiger partial charge in [-0.1, -0.05) is 36.4 Å². The standard InChI is InChI=1S/C22H24N2O2/c1-24-12-10-15(11-13-24)18(14-24)23-22(25)21-16-6-2-4-8-19(16)26-20-9-5-3-7-17(20)21/h2-9,15,18,21H,10-14H2,1H3/p+1/t15?,18-,24?/m0/s1. The third-order valence-corrected chi connectivity index (χ3v) is 6.56. The van der Waals surface area contributed by atoms with Crippen LogP contribution in [0.25, 0.3) is 0 Å². The third kappa shape index (κ3) is 2.52. The number of hydrogen-bond acceptors (Lipinski definition) is 2. The lowest BCUT2D eigenvalue weighted by Crippen LogP contribution is -2.65. The summed E-state index contributed by atoms with van der Waals surface area (Å²) in [5, 5.41) is 3.42. The number of fused-ring (bicyclic) bond motifs is 5. The van der Waals surface area contributed by atoms with Gasteiger partial charge in [0.2, 0.25) is 5.91 Å². The molecule has 3 fully saturated rings. The summed E-state index contributed by atoms with van der Waals surface area (Å²) in [4.78, 5) is 13.4. The highest BCUT2D eigenvalue weighted by Gasteiger charge is 2.45. The number of amides is 1. The van der Waals surface area contributed by atoms with Crippen molar-refractivity contribution in [3.8, 4) is 11.5 Å². The first-order chi connectivity index (χ1) is 12.6. The average molecular weight is 349 g/mol. The Kier molecular flexibility index (Phi) is 3.57. The first kappa shape index (κ1) is 15.9. The monoisotopic (exact) mass is 349 g/mol. The Morgan fingerprint density at radius 3 is 2.15 bits per heavy atom. The van der Waals surface area contributed by atoms with Gasteiger partial charge in [-0.15, -0.1) is 0 Å². The van der Waals surface area contributed by atoms with Crippen molar-refractivity contribution in [1.29, 1.82) is 0 Å². The maximum Gasteiger partial charge on any atom is 0.232 e. The van der Waals surface area contributed by atoms with Crippen molar-refractivity contribution in [2.75, 3.05) is 26.7 Å². The van der Waals surface area contributed by atoms with Crippen molar-refractivity contribution < 1.29 is 14.0 Å². The van der Waals surface area contributed by atoms with Gasteiger partial charge < -0.3 is 14.5 Å². The Balaban J connectivity index is 1.47. The number of hydrogen-bond donors (Lipinski definition) is 1. The molecule has 2 aromatic carbocycles. The van der Waals surface area contributed by atoms with Crippen LogP contribution in [0.4, 0.5) is 0 Å². The second-order valence-corrected chi connectivity index (χ2v) is 8.31. The molecular weight excluding hydrogens is 324 g/mol. The molecule has 0 saturated carbocycles. The smallest absolute Gasteiger partial charge is 0.232 e. The molecule has 1 N–H and O–H groups in total. The highest BCUT2D eigenvalue weighted by atomic mass is 16.5. The summed E-state index contributed by atoms with van der Waals surface area (Å²) in [6, 6.07) is 16.1. The predicted molar refractivity (Wildman–Crippen MR) is 100 cm³/mol. The van der Waals surface area contributed by atoms with Gasteiger partial charge in [0.05, 0.1) is 38.6 Å². The summed E-state index contributed by atoms with van der Waals surface area (Å²) in [5.41, 5.74) is 1.93. The number of para-hydroxylation sites is 2. The number of carbonyl (C=O) groups excluding carboxylic acids is 1. The highest BCUT2D eigenvalue weighted by molar-refractivity contribution is 5.89. The van der Waals surface area contributed by atoms with E-state index in [9.17, 15) is 4.79 Å². The van der Waals surface area contributed by atoms with E-state index in [1.807, 2.05) is 48.5 Å². The molecule has 1 amide bonds. The molecule has 0 unspecified atom stereocenters. The van der Waals surface area contributed by atoms with Crippen LogP contribution in [0, 0.1) is 5.92 Å². The number of rotatable bonds is 2. The minimum atomic E-state index is -0.295. The largest absolute Gasteiger partial charge is 0.457 e. The van der Waals surface area contributed by atoms with Crippen LogP contribution in [0.1, 0.15) is 29.9 Å². The summed E-state index contributed by atoms with van der Waals surface area (Å²) in [6.07, 6.45) is 2.45. The SMILES string of the molecule is C[N+]12CCC(CC1)[C@@H](NC(=O)C1c3ccccc3Oc3ccccc31)C2. The fraction of sp³-hybridized carbons (Fsp3) is 0.409. The Labute approximate surface area is 154 Å². The zero-order valence-electron chi connectivity index (χ0n) is 15.2. The van der Waals surface area contributed by atoms with Gasteiger partial charge in [0.1, 0.15) is 11.5 Å². The molecule has 2 bridgehead atoms. The number of carbonyl (C=O) groups is 1. The molecule has 0 aromatic heterocycles. The summed E-state index contributed by atoms with van der Waals surface area (Å²) in [6.45, 7) is 3.56. The van der Waals surface area contributed by atoms with E-state index in [1.54, 1.807) is 0 Å². The van der Waals surface area contributed by atoms with Gasteiger partial charge in [-0.2, -0.15) is 0 Å². The van der Waals surface area contributed by atoms with E-state index in [0.29, 0.717) is 5.92 Å². The molecule has 4 nitrogen and oxygen atoms in total. The summed E-state index contributed by atoms with van der Waals surface area (Å²) >= 11 is 0. The van der Waals surface area contributed by atoms with Crippen molar-refractivity contribution in [2.45, 2.75) is 24.8 Å². The van der Waals surface area contributed by atoms with Gasteiger partial charge in [0.25, 0.3) is 0 Å². The molecular formula is C22H25N2O2+. The highest BCUT2D eigenvalue weighted by Crippen LogP contribution is 2.44. The Morgan fingerprint density at radius 1 is 1.00 bits per heavy atom. The lowest BCUT2D eigenvalue weighted by molar-refractivity contribution is -0.925. The first-order valence-electron chi connectivity index (χ1n) is 9.63. The van der Waals surface area contributed by atoms with Crippen molar-refractivity contribution in [3.63, 3.8) is 0 Å². The zero-order chi connectivity index (χ0) is 17.7. The quantitative estimate of drug-likeness (QED) is 0.845. The van der Waals surface area contributed by atoms with Gasteiger partial charge >= 0.3 is 0 Å². The van der Waals surface area contributed by atoms with Crippen LogP contribution in [0.15, 0.2) is 48.5 Å². The molecule has 4 heteroatoms. The normalized spacial score (nSPS) is 29.4. The molecule has 1 atom stereocenters. The lowest BCUT2D eigenvalue weighted by Gasteiger charge is -2.50. The van der Waals surface area contributed by atoms with Crippen molar-refractivity contribution in [3.05, 3.63) is 59.7 Å². The van der Waals surface area contributed by atoms with E-state index < -0.39 is 0 Å². The van der Waals surface area contributed by atoms with Gasteiger partial charge in [-0.3, -0.25) is 4.79 Å². The molecule has 3 saturated heterocycles. The molecule has 134 valence electrons. The summed E-state index contributed by atoms with van der Waals surface area (Å²) in [7, 11) is 2.33. The van der Waals surface area contributed by atoms with E-state index in [2.05, 4.69) is 12.4 Å². The zero-order valence-corrected chi connectivity index (χ0v) is 15.2. The number of piperidine rings is 3. The van der Waals surface area contributed by atoms with Crippen LogP contribution < -0.4 is 10.1 Å². The van der Waals surface area contributed by atoms with E-state index in [-0.39, 0.29) is 17.9 Å². The number of nitrogens with one attached hydrogen (secondary N) is 1. The van der Waals surface area contributed by atoms with Crippen molar-refractivity contribution >= 4 is 5.91 Å². The topological polar surface area (TPSA) is 38.3 Å². The molecule has 4 aliphatic heterocycles. The summed E-state index contributed by atoms with van der Waals surface area (Å²) in [5.74, 6) is 2.03. The Hall–Kier alpha value is -2.33. The summed E-state index contributed by atoms with van der Waals surface area (Å²) < 4.78 is 7.13. The number of benzene rings is 2. The van der Waals surface area contributed by atoms with Gasteiger partial charge in [-0.25, -0.2) is 0 Å². The van der Waals surface area contributed by atoms with Crippen molar-refractivity contribution in [1.82, 2.24) is 5.32 Å². The van der Waals surface area contributed by atoms with Crippen LogP contribution in [-0.4, -0.2) is 43.1 Å². The molecule has 26 heavy (non-hydrogen) atoms. The van der Waals surface area contributed by atoms with Crippen LogP contribution in [0.3, 0.4) is 0 Å². The Bertz CT molecular complexity index is 809. The number of likely N-dealkylation sites (N-methyl/N-ethyl adjacent to an activating group) is 1. The predicted octanol–water partition coefficient (Wildman–Crippen LogP) is 3.28. The average Bonchev–Trinajstić information content (AvgIpc) is 2.66. The van der Waals surface area contributed by atoms with Gasteiger partial charge in [-0.05, 0) is 18.1 Å².